The van der Waals surface area contributed by atoms with E-state index in [0.29, 0.717) is 19.0 Å². The van der Waals surface area contributed by atoms with E-state index in [1.54, 1.807) is 13.3 Å². The Hall–Kier alpha value is -2.40. The van der Waals surface area contributed by atoms with Gasteiger partial charge >= 0.3 is 0 Å². The highest BCUT2D eigenvalue weighted by Gasteiger charge is 2.04. The monoisotopic (exact) mass is 268 g/mol. The number of ether oxygens (including phenoxy) is 1. The quantitative estimate of drug-likeness (QED) is 0.769. The molecule has 0 bridgehead atoms. The largest absolute Gasteiger partial charge is 0.481 e. The van der Waals surface area contributed by atoms with Crippen LogP contribution < -0.4 is 10.1 Å². The highest BCUT2D eigenvalue weighted by atomic mass is 16.5. The van der Waals surface area contributed by atoms with Crippen molar-refractivity contribution in [3.8, 4) is 5.88 Å². The Bertz CT molecular complexity index is 675. The molecule has 0 spiro atoms. The predicted molar refractivity (Wildman–Crippen MR) is 76.5 cm³/mol. The topological polar surface area (TPSA) is 51.5 Å². The molecule has 20 heavy (non-hydrogen) atoms. The van der Waals surface area contributed by atoms with Gasteiger partial charge < -0.3 is 14.5 Å². The fraction of sp³-hybridized carbons (Fsp3) is 0.200. The Morgan fingerprint density at radius 3 is 3.00 bits per heavy atom. The molecule has 3 aromatic heterocycles. The van der Waals surface area contributed by atoms with Gasteiger partial charge in [-0.05, 0) is 18.2 Å². The van der Waals surface area contributed by atoms with Gasteiger partial charge in [-0.3, -0.25) is 0 Å². The summed E-state index contributed by atoms with van der Waals surface area (Å²) in [6, 6.07) is 9.88. The maximum absolute atomic E-state index is 5.23. The van der Waals surface area contributed by atoms with Crippen LogP contribution >= 0.6 is 0 Å². The van der Waals surface area contributed by atoms with Crippen LogP contribution in [0.5, 0.6) is 5.88 Å². The van der Waals surface area contributed by atoms with Gasteiger partial charge in [0.15, 0.2) is 0 Å². The third-order valence-corrected chi connectivity index (χ3v) is 3.08. The zero-order valence-corrected chi connectivity index (χ0v) is 11.3. The summed E-state index contributed by atoms with van der Waals surface area (Å²) < 4.78 is 7.24. The van der Waals surface area contributed by atoms with E-state index >= 15 is 0 Å². The second kappa shape index (κ2) is 5.71. The lowest BCUT2D eigenvalue weighted by Gasteiger charge is -2.07. The van der Waals surface area contributed by atoms with Crippen LogP contribution in [0.25, 0.3) is 5.65 Å². The van der Waals surface area contributed by atoms with E-state index in [4.69, 9.17) is 4.74 Å². The summed E-state index contributed by atoms with van der Waals surface area (Å²) in [4.78, 5) is 8.72. The normalized spacial score (nSPS) is 10.8. The number of nitrogens with zero attached hydrogens (tertiary/aromatic N) is 3. The Labute approximate surface area is 117 Å². The van der Waals surface area contributed by atoms with Crippen molar-refractivity contribution in [2.75, 3.05) is 7.11 Å². The highest BCUT2D eigenvalue weighted by Crippen LogP contribution is 2.13. The molecule has 0 saturated heterocycles. The van der Waals surface area contributed by atoms with Crippen molar-refractivity contribution in [1.29, 1.82) is 0 Å². The molecule has 0 amide bonds. The summed E-state index contributed by atoms with van der Waals surface area (Å²) in [5.41, 5.74) is 3.01. The molecule has 0 atom stereocenters. The number of methoxy groups -OCH3 is 1. The molecular formula is C15H16N4O. The van der Waals surface area contributed by atoms with Gasteiger partial charge in [-0.25, -0.2) is 9.97 Å². The van der Waals surface area contributed by atoms with Crippen LogP contribution in [0.1, 0.15) is 11.3 Å². The molecule has 3 rings (SSSR count). The Balaban J connectivity index is 1.65. The maximum atomic E-state index is 5.23. The lowest BCUT2D eigenvalue weighted by atomic mass is 10.2. The number of pyridine rings is 2. The van der Waals surface area contributed by atoms with E-state index in [0.717, 1.165) is 16.9 Å². The van der Waals surface area contributed by atoms with Crippen LogP contribution in [0.3, 0.4) is 0 Å². The minimum Gasteiger partial charge on any atom is -0.481 e. The molecule has 0 fully saturated rings. The Morgan fingerprint density at radius 1 is 1.20 bits per heavy atom. The number of aromatic nitrogens is 3. The molecule has 5 heteroatoms. The summed E-state index contributed by atoms with van der Waals surface area (Å²) in [6.45, 7) is 1.41. The average Bonchev–Trinajstić information content (AvgIpc) is 2.90. The van der Waals surface area contributed by atoms with Crippen molar-refractivity contribution in [2.24, 2.45) is 0 Å². The van der Waals surface area contributed by atoms with Crippen LogP contribution in [0.2, 0.25) is 0 Å². The van der Waals surface area contributed by atoms with Gasteiger partial charge in [-0.1, -0.05) is 12.1 Å². The molecule has 0 aromatic carbocycles. The van der Waals surface area contributed by atoms with Gasteiger partial charge in [0.2, 0.25) is 5.88 Å². The number of nitrogens with one attached hydrogen (secondary N) is 1. The number of fused-ring (bicyclic) bond motifs is 1. The van der Waals surface area contributed by atoms with Crippen molar-refractivity contribution in [3.63, 3.8) is 0 Å². The average molecular weight is 268 g/mol. The molecule has 0 aliphatic heterocycles. The third-order valence-electron chi connectivity index (χ3n) is 3.08. The fourth-order valence-corrected chi connectivity index (χ4v) is 2.14. The molecule has 0 radical (unpaired) electrons. The van der Waals surface area contributed by atoms with Crippen LogP contribution in [0, 0.1) is 0 Å². The summed E-state index contributed by atoms with van der Waals surface area (Å²) in [5.74, 6) is 0.662. The van der Waals surface area contributed by atoms with Gasteiger partial charge in [-0.15, -0.1) is 0 Å². The van der Waals surface area contributed by atoms with E-state index in [2.05, 4.69) is 15.3 Å². The van der Waals surface area contributed by atoms with E-state index in [1.807, 2.05) is 47.1 Å². The predicted octanol–water partition coefficient (Wildman–Crippen LogP) is 2.03. The first-order chi connectivity index (χ1) is 9.86. The van der Waals surface area contributed by atoms with Gasteiger partial charge in [0, 0.05) is 37.2 Å². The van der Waals surface area contributed by atoms with Crippen molar-refractivity contribution in [3.05, 3.63) is 60.2 Å². The zero-order valence-electron chi connectivity index (χ0n) is 11.3. The van der Waals surface area contributed by atoms with Gasteiger partial charge in [-0.2, -0.15) is 0 Å². The Kier molecular flexibility index (Phi) is 3.60. The molecule has 0 aliphatic carbocycles. The lowest BCUT2D eigenvalue weighted by molar-refractivity contribution is 0.390. The molecule has 0 aliphatic rings. The van der Waals surface area contributed by atoms with Crippen molar-refractivity contribution < 1.29 is 4.74 Å². The van der Waals surface area contributed by atoms with E-state index < -0.39 is 0 Å². The zero-order chi connectivity index (χ0) is 13.8. The van der Waals surface area contributed by atoms with E-state index in [1.165, 1.54) is 0 Å². The first-order valence-corrected chi connectivity index (χ1v) is 6.48. The van der Waals surface area contributed by atoms with Crippen molar-refractivity contribution >= 4 is 5.65 Å². The summed E-state index contributed by atoms with van der Waals surface area (Å²) in [5, 5.41) is 3.36. The number of rotatable bonds is 5. The minimum absolute atomic E-state index is 0.662. The van der Waals surface area contributed by atoms with E-state index in [9.17, 15) is 0 Å². The second-order valence-corrected chi connectivity index (χ2v) is 4.47. The van der Waals surface area contributed by atoms with Gasteiger partial charge in [0.1, 0.15) is 5.65 Å². The third kappa shape index (κ3) is 2.62. The van der Waals surface area contributed by atoms with Crippen LogP contribution in [0.15, 0.2) is 48.9 Å². The molecule has 5 nitrogen and oxygen atoms in total. The highest BCUT2D eigenvalue weighted by molar-refractivity contribution is 5.39. The SMILES string of the molecule is COc1ncccc1CNCc1cn2ccccc2n1. The number of imidazole rings is 1. The maximum Gasteiger partial charge on any atom is 0.217 e. The fourth-order valence-electron chi connectivity index (χ4n) is 2.14. The van der Waals surface area contributed by atoms with Gasteiger partial charge in [0.25, 0.3) is 0 Å². The molecule has 3 aromatic rings. The minimum atomic E-state index is 0.662. The number of hydrogen-bond acceptors (Lipinski definition) is 4. The van der Waals surface area contributed by atoms with Crippen LogP contribution in [-0.4, -0.2) is 21.5 Å². The van der Waals surface area contributed by atoms with Crippen LogP contribution in [-0.2, 0) is 13.1 Å². The number of hydrogen-bond donors (Lipinski definition) is 1. The van der Waals surface area contributed by atoms with Gasteiger partial charge in [0.05, 0.1) is 12.8 Å². The molecule has 0 saturated carbocycles. The molecule has 1 N–H and O–H groups in total. The molecule has 0 unspecified atom stereocenters. The smallest absolute Gasteiger partial charge is 0.217 e. The summed E-state index contributed by atoms with van der Waals surface area (Å²) in [7, 11) is 1.63. The first-order valence-electron chi connectivity index (χ1n) is 6.48. The van der Waals surface area contributed by atoms with Crippen molar-refractivity contribution in [1.82, 2.24) is 19.7 Å². The summed E-state index contributed by atoms with van der Waals surface area (Å²) >= 11 is 0. The van der Waals surface area contributed by atoms with E-state index in [-0.39, 0.29) is 0 Å². The molecule has 102 valence electrons. The van der Waals surface area contributed by atoms with Crippen LogP contribution in [0.4, 0.5) is 0 Å². The van der Waals surface area contributed by atoms with Crippen molar-refractivity contribution in [2.45, 2.75) is 13.1 Å². The Morgan fingerprint density at radius 2 is 2.15 bits per heavy atom. The summed E-state index contributed by atoms with van der Waals surface area (Å²) in [6.07, 6.45) is 5.75. The molecular weight excluding hydrogens is 252 g/mol. The lowest BCUT2D eigenvalue weighted by Crippen LogP contribution is -2.13. The standard InChI is InChI=1S/C15H16N4O/c1-20-15-12(5-4-7-17-15)9-16-10-13-11-19-8-3-2-6-14(19)18-13/h2-8,11,16H,9-10H2,1H3. The molecule has 3 heterocycles. The first kappa shape index (κ1) is 12.6. The second-order valence-electron chi connectivity index (χ2n) is 4.47.